The van der Waals surface area contributed by atoms with Crippen molar-refractivity contribution in [2.24, 2.45) is 7.05 Å². The Hall–Kier alpha value is -2.17. The van der Waals surface area contributed by atoms with Gasteiger partial charge in [-0.3, -0.25) is 0 Å². The maximum atomic E-state index is 5.74. The minimum absolute atomic E-state index is 0.283. The molecule has 0 saturated heterocycles. The molecular formula is C12H13N3O2. The molecule has 0 saturated carbocycles. The number of fused-ring (bicyclic) bond motifs is 1. The Morgan fingerprint density at radius 1 is 1.29 bits per heavy atom. The molecule has 0 aliphatic carbocycles. The number of hydrogen-bond acceptors (Lipinski definition) is 4. The quantitative estimate of drug-likeness (QED) is 0.811. The normalized spacial score (nSPS) is 13.1. The Balaban J connectivity index is 2.18. The summed E-state index contributed by atoms with van der Waals surface area (Å²) in [7, 11) is 1.89. The number of imidazole rings is 1. The predicted molar refractivity (Wildman–Crippen MR) is 63.9 cm³/mol. The van der Waals surface area contributed by atoms with E-state index in [4.69, 9.17) is 15.2 Å². The first-order chi connectivity index (χ1) is 8.16. The van der Waals surface area contributed by atoms with Crippen LogP contribution in [0.25, 0.3) is 11.3 Å². The predicted octanol–water partition coefficient (Wildman–Crippen LogP) is 1.71. The van der Waals surface area contributed by atoms with Crippen molar-refractivity contribution in [2.45, 2.75) is 6.92 Å². The molecule has 0 radical (unpaired) electrons. The molecule has 5 heteroatoms. The maximum Gasteiger partial charge on any atom is 0.231 e. The van der Waals surface area contributed by atoms with Gasteiger partial charge < -0.3 is 19.8 Å². The van der Waals surface area contributed by atoms with E-state index in [-0.39, 0.29) is 6.79 Å². The van der Waals surface area contributed by atoms with Gasteiger partial charge in [-0.2, -0.15) is 0 Å². The van der Waals surface area contributed by atoms with Crippen molar-refractivity contribution in [3.05, 3.63) is 23.9 Å². The number of rotatable bonds is 1. The Kier molecular flexibility index (Phi) is 2.01. The molecule has 2 N–H and O–H groups in total. The lowest BCUT2D eigenvalue weighted by Crippen LogP contribution is -1.99. The topological polar surface area (TPSA) is 62.3 Å². The van der Waals surface area contributed by atoms with E-state index in [2.05, 4.69) is 4.98 Å². The number of benzene rings is 1. The molecule has 0 amide bonds. The zero-order valence-corrected chi connectivity index (χ0v) is 9.73. The Labute approximate surface area is 98.8 Å². The van der Waals surface area contributed by atoms with Gasteiger partial charge in [0.15, 0.2) is 17.4 Å². The molecule has 2 heterocycles. The molecule has 1 aliphatic heterocycles. The summed E-state index contributed by atoms with van der Waals surface area (Å²) in [6.45, 7) is 2.31. The lowest BCUT2D eigenvalue weighted by Gasteiger charge is -2.08. The highest BCUT2D eigenvalue weighted by molar-refractivity contribution is 5.69. The Morgan fingerprint density at radius 3 is 2.65 bits per heavy atom. The van der Waals surface area contributed by atoms with E-state index in [0.717, 1.165) is 28.3 Å². The standard InChI is InChI=1S/C12H13N3O2/c1-7-3-10-11(17-6-16-10)4-8(7)9-5-14-12(13)15(9)2/h3-5H,6H2,1-2H3,(H2,13,14). The van der Waals surface area contributed by atoms with Crippen molar-refractivity contribution >= 4 is 5.95 Å². The third-order valence-electron chi connectivity index (χ3n) is 3.02. The van der Waals surface area contributed by atoms with E-state index < -0.39 is 0 Å². The van der Waals surface area contributed by atoms with Gasteiger partial charge in [0.2, 0.25) is 6.79 Å². The van der Waals surface area contributed by atoms with Crippen molar-refractivity contribution in [3.63, 3.8) is 0 Å². The van der Waals surface area contributed by atoms with Crippen molar-refractivity contribution in [2.75, 3.05) is 12.5 Å². The maximum absolute atomic E-state index is 5.74. The molecule has 0 bridgehead atoms. The minimum Gasteiger partial charge on any atom is -0.454 e. The summed E-state index contributed by atoms with van der Waals surface area (Å²) in [5.41, 5.74) is 8.87. The van der Waals surface area contributed by atoms with Crippen molar-refractivity contribution < 1.29 is 9.47 Å². The van der Waals surface area contributed by atoms with Crippen LogP contribution < -0.4 is 15.2 Å². The van der Waals surface area contributed by atoms with Crippen LogP contribution in [0.4, 0.5) is 5.95 Å². The van der Waals surface area contributed by atoms with Crippen molar-refractivity contribution in [3.8, 4) is 22.8 Å². The molecule has 0 spiro atoms. The number of aryl methyl sites for hydroxylation is 1. The SMILES string of the molecule is Cc1cc2c(cc1-c1cnc(N)n1C)OCO2. The van der Waals surface area contributed by atoms with E-state index in [1.165, 1.54) is 0 Å². The molecule has 0 atom stereocenters. The van der Waals surface area contributed by atoms with Gasteiger partial charge in [-0.15, -0.1) is 0 Å². The fourth-order valence-electron chi connectivity index (χ4n) is 1.99. The number of anilines is 1. The zero-order valence-electron chi connectivity index (χ0n) is 9.73. The van der Waals surface area contributed by atoms with Crippen molar-refractivity contribution in [1.82, 2.24) is 9.55 Å². The average molecular weight is 231 g/mol. The van der Waals surface area contributed by atoms with Gasteiger partial charge in [0.25, 0.3) is 0 Å². The lowest BCUT2D eigenvalue weighted by atomic mass is 10.1. The minimum atomic E-state index is 0.283. The molecule has 88 valence electrons. The molecule has 5 nitrogen and oxygen atoms in total. The van der Waals surface area contributed by atoms with E-state index in [1.54, 1.807) is 6.20 Å². The summed E-state index contributed by atoms with van der Waals surface area (Å²) >= 11 is 0. The first-order valence-corrected chi connectivity index (χ1v) is 5.34. The lowest BCUT2D eigenvalue weighted by molar-refractivity contribution is 0.174. The number of hydrogen-bond donors (Lipinski definition) is 1. The van der Waals surface area contributed by atoms with Crippen LogP contribution in [0.15, 0.2) is 18.3 Å². The monoisotopic (exact) mass is 231 g/mol. The second-order valence-electron chi connectivity index (χ2n) is 4.08. The van der Waals surface area contributed by atoms with Crippen LogP contribution in [0.3, 0.4) is 0 Å². The third-order valence-corrected chi connectivity index (χ3v) is 3.02. The largest absolute Gasteiger partial charge is 0.454 e. The molecule has 1 aliphatic rings. The molecule has 1 aromatic heterocycles. The second kappa shape index (κ2) is 3.41. The summed E-state index contributed by atoms with van der Waals surface area (Å²) in [6.07, 6.45) is 1.76. The highest BCUT2D eigenvalue weighted by Crippen LogP contribution is 2.38. The van der Waals surface area contributed by atoms with Crippen LogP contribution in [0.2, 0.25) is 0 Å². The van der Waals surface area contributed by atoms with E-state index in [9.17, 15) is 0 Å². The average Bonchev–Trinajstić information content (AvgIpc) is 2.86. The van der Waals surface area contributed by atoms with Gasteiger partial charge in [0.05, 0.1) is 11.9 Å². The molecule has 0 unspecified atom stereocenters. The van der Waals surface area contributed by atoms with Gasteiger partial charge in [0.1, 0.15) is 0 Å². The summed E-state index contributed by atoms with van der Waals surface area (Å²) in [6, 6.07) is 3.94. The van der Waals surface area contributed by atoms with Crippen LogP contribution in [-0.2, 0) is 7.05 Å². The zero-order chi connectivity index (χ0) is 12.0. The molecule has 3 rings (SSSR count). The van der Waals surface area contributed by atoms with Gasteiger partial charge in [0, 0.05) is 12.6 Å². The highest BCUT2D eigenvalue weighted by Gasteiger charge is 2.18. The summed E-state index contributed by atoms with van der Waals surface area (Å²) < 4.78 is 12.6. The summed E-state index contributed by atoms with van der Waals surface area (Å²) in [4.78, 5) is 4.10. The van der Waals surface area contributed by atoms with Crippen LogP contribution in [-0.4, -0.2) is 16.3 Å². The number of nitrogen functional groups attached to an aromatic ring is 1. The van der Waals surface area contributed by atoms with E-state index >= 15 is 0 Å². The Morgan fingerprint density at radius 2 is 2.00 bits per heavy atom. The van der Waals surface area contributed by atoms with Crippen LogP contribution in [0.1, 0.15) is 5.56 Å². The summed E-state index contributed by atoms with van der Waals surface area (Å²) in [5.74, 6) is 2.06. The van der Waals surface area contributed by atoms with Crippen LogP contribution in [0.5, 0.6) is 11.5 Å². The number of nitrogens with zero attached hydrogens (tertiary/aromatic N) is 2. The molecule has 1 aromatic carbocycles. The number of nitrogens with two attached hydrogens (primary N) is 1. The molecule has 0 fully saturated rings. The van der Waals surface area contributed by atoms with E-state index in [0.29, 0.717) is 5.95 Å². The van der Waals surface area contributed by atoms with Gasteiger partial charge in [-0.05, 0) is 24.6 Å². The summed E-state index contributed by atoms with van der Waals surface area (Å²) in [5, 5.41) is 0. The van der Waals surface area contributed by atoms with Gasteiger partial charge in [-0.25, -0.2) is 4.98 Å². The van der Waals surface area contributed by atoms with Gasteiger partial charge >= 0.3 is 0 Å². The molecular weight excluding hydrogens is 218 g/mol. The van der Waals surface area contributed by atoms with E-state index in [1.807, 2.05) is 30.7 Å². The first kappa shape index (κ1) is 10.0. The fourth-order valence-corrected chi connectivity index (χ4v) is 1.99. The fraction of sp³-hybridized carbons (Fsp3) is 0.250. The van der Waals surface area contributed by atoms with Crippen molar-refractivity contribution in [1.29, 1.82) is 0 Å². The Bertz CT molecular complexity index is 590. The number of aromatic nitrogens is 2. The second-order valence-corrected chi connectivity index (χ2v) is 4.08. The van der Waals surface area contributed by atoms with Gasteiger partial charge in [-0.1, -0.05) is 0 Å². The molecule has 17 heavy (non-hydrogen) atoms. The first-order valence-electron chi connectivity index (χ1n) is 5.34. The molecule has 2 aromatic rings. The van der Waals surface area contributed by atoms with Crippen LogP contribution in [0, 0.1) is 6.92 Å². The highest BCUT2D eigenvalue weighted by atomic mass is 16.7. The number of ether oxygens (including phenoxy) is 2. The third kappa shape index (κ3) is 1.43. The smallest absolute Gasteiger partial charge is 0.231 e. The van der Waals surface area contributed by atoms with Crippen LogP contribution >= 0.6 is 0 Å².